The summed E-state index contributed by atoms with van der Waals surface area (Å²) < 4.78 is 5.52. The van der Waals surface area contributed by atoms with E-state index in [2.05, 4.69) is 5.32 Å². The van der Waals surface area contributed by atoms with E-state index in [-0.39, 0.29) is 11.8 Å². The van der Waals surface area contributed by atoms with E-state index < -0.39 is 0 Å². The second-order valence-electron chi connectivity index (χ2n) is 6.14. The van der Waals surface area contributed by atoms with Crippen molar-refractivity contribution in [2.45, 2.75) is 19.9 Å². The van der Waals surface area contributed by atoms with Crippen molar-refractivity contribution in [1.29, 1.82) is 0 Å². The fraction of sp³-hybridized carbons (Fsp3) is 0.238. The van der Waals surface area contributed by atoms with E-state index >= 15 is 0 Å². The van der Waals surface area contributed by atoms with E-state index in [1.54, 1.807) is 0 Å². The van der Waals surface area contributed by atoms with Crippen LogP contribution < -0.4 is 10.1 Å². The van der Waals surface area contributed by atoms with Gasteiger partial charge >= 0.3 is 0 Å². The fourth-order valence-electron chi connectivity index (χ4n) is 3.05. The maximum absolute atomic E-state index is 13.2. The van der Waals surface area contributed by atoms with Crippen LogP contribution in [0.4, 0.5) is 0 Å². The highest BCUT2D eigenvalue weighted by Crippen LogP contribution is 2.33. The van der Waals surface area contributed by atoms with Crippen molar-refractivity contribution in [3.05, 3.63) is 77.0 Å². The lowest BCUT2D eigenvalue weighted by atomic mass is 9.89. The molecule has 1 aliphatic rings. The molecule has 0 bridgehead atoms. The first-order chi connectivity index (χ1) is 12.5. The molecule has 26 heavy (non-hydrogen) atoms. The summed E-state index contributed by atoms with van der Waals surface area (Å²) in [4.78, 5) is 15.1. The Kier molecular flexibility index (Phi) is 5.38. The molecule has 0 aliphatic carbocycles. The van der Waals surface area contributed by atoms with E-state index in [1.165, 1.54) is 0 Å². The zero-order valence-electron chi connectivity index (χ0n) is 15.2. The van der Waals surface area contributed by atoms with Gasteiger partial charge in [0, 0.05) is 23.9 Å². The van der Waals surface area contributed by atoms with Crippen molar-refractivity contribution in [3.8, 4) is 5.75 Å². The third kappa shape index (κ3) is 3.48. The average Bonchev–Trinajstić information content (AvgIpc) is 2.67. The first kappa shape index (κ1) is 18.1. The Balaban J connectivity index is 2.04. The minimum Gasteiger partial charge on any atom is -0.494 e. The highest BCUT2D eigenvalue weighted by Gasteiger charge is 2.32. The standard InChI is InChI=1S/C21H22N2O2S/c1-4-25-17-12-10-15(11-13-17)19-18(14(2)23(3)21(26)22-19)20(24)16-8-6-5-7-9-16/h5-13,19H,4H2,1-3H3,(H,22,26). The molecule has 0 amide bonds. The Bertz CT molecular complexity index is 844. The van der Waals surface area contributed by atoms with Crippen molar-refractivity contribution >= 4 is 23.1 Å². The van der Waals surface area contributed by atoms with E-state index in [0.29, 0.717) is 22.9 Å². The Hall–Kier alpha value is -2.66. The first-order valence-corrected chi connectivity index (χ1v) is 9.01. The van der Waals surface area contributed by atoms with Gasteiger partial charge < -0.3 is 15.0 Å². The van der Waals surface area contributed by atoms with Gasteiger partial charge in [-0.2, -0.15) is 0 Å². The molecule has 1 heterocycles. The highest BCUT2D eigenvalue weighted by atomic mass is 32.1. The lowest BCUT2D eigenvalue weighted by molar-refractivity contribution is 0.102. The molecule has 3 rings (SSSR count). The molecule has 0 fully saturated rings. The Morgan fingerprint density at radius 2 is 1.81 bits per heavy atom. The largest absolute Gasteiger partial charge is 0.494 e. The third-order valence-electron chi connectivity index (χ3n) is 4.56. The maximum Gasteiger partial charge on any atom is 0.193 e. The molecule has 1 N–H and O–H groups in total. The number of allylic oxidation sites excluding steroid dienone is 1. The Morgan fingerprint density at radius 1 is 1.15 bits per heavy atom. The number of rotatable bonds is 5. The van der Waals surface area contributed by atoms with Crippen LogP contribution in [0.2, 0.25) is 0 Å². The zero-order valence-corrected chi connectivity index (χ0v) is 16.0. The molecule has 1 atom stereocenters. The molecule has 2 aromatic rings. The van der Waals surface area contributed by atoms with Gasteiger partial charge in [-0.15, -0.1) is 0 Å². The summed E-state index contributed by atoms with van der Waals surface area (Å²) in [5, 5.41) is 3.91. The number of nitrogens with zero attached hydrogens (tertiary/aromatic N) is 1. The normalized spacial score (nSPS) is 17.1. The van der Waals surface area contributed by atoms with E-state index in [0.717, 1.165) is 17.0 Å². The number of Topliss-reactive ketones (excluding diaryl/α,β-unsaturated/α-hetero) is 1. The Labute approximate surface area is 159 Å². The highest BCUT2D eigenvalue weighted by molar-refractivity contribution is 7.80. The second-order valence-corrected chi connectivity index (χ2v) is 6.52. The van der Waals surface area contributed by atoms with Crippen LogP contribution in [0.3, 0.4) is 0 Å². The number of ketones is 1. The number of thiocarbonyl (C=S) groups is 1. The van der Waals surface area contributed by atoms with Crippen LogP contribution in [-0.4, -0.2) is 29.5 Å². The number of nitrogens with one attached hydrogen (secondary N) is 1. The van der Waals surface area contributed by atoms with Crippen molar-refractivity contribution < 1.29 is 9.53 Å². The summed E-state index contributed by atoms with van der Waals surface area (Å²) in [6, 6.07) is 16.8. The quantitative estimate of drug-likeness (QED) is 0.637. The van der Waals surface area contributed by atoms with Crippen LogP contribution in [0, 0.1) is 0 Å². The number of carbonyl (C=O) groups is 1. The average molecular weight is 366 g/mol. The summed E-state index contributed by atoms with van der Waals surface area (Å²) >= 11 is 5.45. The van der Waals surface area contributed by atoms with Gasteiger partial charge in [-0.3, -0.25) is 4.79 Å². The SMILES string of the molecule is CCOc1ccc(C2NC(=S)N(C)C(C)=C2C(=O)c2ccccc2)cc1. The van der Waals surface area contributed by atoms with Gasteiger partial charge in [0.1, 0.15) is 5.75 Å². The smallest absolute Gasteiger partial charge is 0.193 e. The van der Waals surface area contributed by atoms with Crippen molar-refractivity contribution in [3.63, 3.8) is 0 Å². The minimum atomic E-state index is -0.290. The molecule has 4 nitrogen and oxygen atoms in total. The van der Waals surface area contributed by atoms with Gasteiger partial charge in [-0.05, 0) is 43.8 Å². The third-order valence-corrected chi connectivity index (χ3v) is 4.95. The molecular weight excluding hydrogens is 344 g/mol. The van der Waals surface area contributed by atoms with Gasteiger partial charge in [0.05, 0.1) is 12.6 Å². The van der Waals surface area contributed by atoms with Crippen LogP contribution in [0.1, 0.15) is 35.8 Å². The molecule has 2 aromatic carbocycles. The predicted octanol–water partition coefficient (Wildman–Crippen LogP) is 4.10. The maximum atomic E-state index is 13.2. The number of hydrogen-bond acceptors (Lipinski definition) is 3. The first-order valence-electron chi connectivity index (χ1n) is 8.60. The summed E-state index contributed by atoms with van der Waals surface area (Å²) in [7, 11) is 1.87. The minimum absolute atomic E-state index is 0.00355. The number of carbonyl (C=O) groups excluding carboxylic acids is 1. The fourth-order valence-corrected chi connectivity index (χ4v) is 3.30. The van der Waals surface area contributed by atoms with Crippen LogP contribution in [0.5, 0.6) is 5.75 Å². The monoisotopic (exact) mass is 366 g/mol. The molecule has 0 aromatic heterocycles. The van der Waals surface area contributed by atoms with E-state index in [9.17, 15) is 4.79 Å². The Morgan fingerprint density at radius 3 is 2.42 bits per heavy atom. The molecule has 134 valence electrons. The second kappa shape index (κ2) is 7.70. The molecule has 0 saturated carbocycles. The lowest BCUT2D eigenvalue weighted by Gasteiger charge is -2.36. The summed E-state index contributed by atoms with van der Waals surface area (Å²) in [6.07, 6.45) is 0. The number of hydrogen-bond donors (Lipinski definition) is 1. The summed E-state index contributed by atoms with van der Waals surface area (Å²) in [5.41, 5.74) is 3.21. The van der Waals surface area contributed by atoms with Gasteiger partial charge in [-0.25, -0.2) is 0 Å². The lowest BCUT2D eigenvalue weighted by Crippen LogP contribution is -2.45. The number of ether oxygens (including phenoxy) is 1. The van der Waals surface area contributed by atoms with Crippen molar-refractivity contribution in [1.82, 2.24) is 10.2 Å². The molecule has 0 radical (unpaired) electrons. The van der Waals surface area contributed by atoms with Crippen molar-refractivity contribution in [2.24, 2.45) is 0 Å². The van der Waals surface area contributed by atoms with Gasteiger partial charge in [0.15, 0.2) is 10.9 Å². The number of benzene rings is 2. The van der Waals surface area contributed by atoms with Crippen LogP contribution in [0.25, 0.3) is 0 Å². The molecular formula is C21H22N2O2S. The van der Waals surface area contributed by atoms with Crippen molar-refractivity contribution in [2.75, 3.05) is 13.7 Å². The summed E-state index contributed by atoms with van der Waals surface area (Å²) in [5.74, 6) is 0.812. The van der Waals surface area contributed by atoms with Gasteiger partial charge in [0.25, 0.3) is 0 Å². The van der Waals surface area contributed by atoms with Crippen LogP contribution >= 0.6 is 12.2 Å². The predicted molar refractivity (Wildman–Crippen MR) is 107 cm³/mol. The zero-order chi connectivity index (χ0) is 18.7. The van der Waals surface area contributed by atoms with Crippen LogP contribution in [0.15, 0.2) is 65.9 Å². The van der Waals surface area contributed by atoms with E-state index in [4.69, 9.17) is 17.0 Å². The molecule has 1 unspecified atom stereocenters. The molecule has 1 aliphatic heterocycles. The van der Waals surface area contributed by atoms with Crippen LogP contribution in [-0.2, 0) is 0 Å². The topological polar surface area (TPSA) is 41.6 Å². The van der Waals surface area contributed by atoms with E-state index in [1.807, 2.05) is 80.4 Å². The summed E-state index contributed by atoms with van der Waals surface area (Å²) in [6.45, 7) is 4.51. The molecule has 5 heteroatoms. The van der Waals surface area contributed by atoms with Gasteiger partial charge in [0.2, 0.25) is 0 Å². The molecule has 0 spiro atoms. The molecule has 0 saturated heterocycles. The van der Waals surface area contributed by atoms with Gasteiger partial charge in [-0.1, -0.05) is 42.5 Å².